The zero-order valence-electron chi connectivity index (χ0n) is 15.1. The molecule has 0 spiro atoms. The smallest absolute Gasteiger partial charge is 0.387 e. The first-order chi connectivity index (χ1) is 13.9. The van der Waals surface area contributed by atoms with Crippen LogP contribution in [-0.4, -0.2) is 37.6 Å². The highest BCUT2D eigenvalue weighted by molar-refractivity contribution is 5.63. The molecule has 0 bridgehead atoms. The summed E-state index contributed by atoms with van der Waals surface area (Å²) in [6, 6.07) is 8.24. The molecule has 0 radical (unpaired) electrons. The van der Waals surface area contributed by atoms with Crippen LogP contribution in [-0.2, 0) is 0 Å². The zero-order valence-corrected chi connectivity index (χ0v) is 15.1. The largest absolute Gasteiger partial charge is 0.493 e. The molecule has 3 aromatic rings. The molecular weight excluding hydrogens is 400 g/mol. The van der Waals surface area contributed by atoms with Crippen LogP contribution in [0.2, 0.25) is 0 Å². The third-order valence-electron chi connectivity index (χ3n) is 3.68. The number of rotatable bonds is 8. The maximum atomic E-state index is 12.4. The van der Waals surface area contributed by atoms with E-state index in [1.165, 1.54) is 50.6 Å². The van der Waals surface area contributed by atoms with E-state index in [2.05, 4.69) is 19.7 Å². The Morgan fingerprint density at radius 2 is 1.10 bits per heavy atom. The van der Waals surface area contributed by atoms with Gasteiger partial charge < -0.3 is 23.4 Å². The molecule has 11 heteroatoms. The first-order valence-electron chi connectivity index (χ1n) is 8.01. The lowest BCUT2D eigenvalue weighted by atomic mass is 10.2. The van der Waals surface area contributed by atoms with E-state index in [4.69, 9.17) is 13.9 Å². The average molecular weight is 414 g/mol. The predicted octanol–water partition coefficient (Wildman–Crippen LogP) is 4.62. The highest BCUT2D eigenvalue weighted by Crippen LogP contribution is 2.36. The molecule has 0 amide bonds. The van der Waals surface area contributed by atoms with Crippen molar-refractivity contribution in [2.45, 2.75) is 13.2 Å². The Morgan fingerprint density at radius 3 is 1.45 bits per heavy atom. The molecule has 0 aliphatic heterocycles. The van der Waals surface area contributed by atoms with Gasteiger partial charge in [-0.1, -0.05) is 0 Å². The van der Waals surface area contributed by atoms with Crippen molar-refractivity contribution in [3.8, 4) is 45.9 Å². The lowest BCUT2D eigenvalue weighted by molar-refractivity contribution is -0.0518. The van der Waals surface area contributed by atoms with Crippen LogP contribution < -0.4 is 18.9 Å². The highest BCUT2D eigenvalue weighted by Gasteiger charge is 2.17. The molecular formula is C18H14F4N2O5. The Hall–Kier alpha value is -3.50. The Labute approximate surface area is 161 Å². The number of hydrogen-bond donors (Lipinski definition) is 0. The molecule has 0 unspecified atom stereocenters. The van der Waals surface area contributed by atoms with Crippen molar-refractivity contribution >= 4 is 0 Å². The summed E-state index contributed by atoms with van der Waals surface area (Å²) in [5, 5.41) is 7.80. The highest BCUT2D eigenvalue weighted by atomic mass is 19.3. The Balaban J connectivity index is 1.89. The molecule has 154 valence electrons. The van der Waals surface area contributed by atoms with Crippen molar-refractivity contribution in [2.75, 3.05) is 14.2 Å². The summed E-state index contributed by atoms with van der Waals surface area (Å²) in [6.45, 7) is -6.01. The zero-order chi connectivity index (χ0) is 21.0. The summed E-state index contributed by atoms with van der Waals surface area (Å²) in [4.78, 5) is 0. The normalized spacial score (nSPS) is 11.0. The topological polar surface area (TPSA) is 75.8 Å². The van der Waals surface area contributed by atoms with E-state index in [-0.39, 0.29) is 34.8 Å². The molecule has 0 aliphatic rings. The Morgan fingerprint density at radius 1 is 0.690 bits per heavy atom. The number of benzene rings is 2. The maximum Gasteiger partial charge on any atom is 0.387 e. The van der Waals surface area contributed by atoms with Gasteiger partial charge in [-0.15, -0.1) is 10.2 Å². The molecule has 3 rings (SSSR count). The average Bonchev–Trinajstić information content (AvgIpc) is 3.18. The van der Waals surface area contributed by atoms with Gasteiger partial charge in [0.05, 0.1) is 14.2 Å². The fraction of sp³-hybridized carbons (Fsp3) is 0.222. The van der Waals surface area contributed by atoms with Gasteiger partial charge in [-0.25, -0.2) is 0 Å². The molecule has 0 saturated carbocycles. The van der Waals surface area contributed by atoms with Crippen LogP contribution in [0.1, 0.15) is 0 Å². The van der Waals surface area contributed by atoms with Crippen molar-refractivity contribution in [1.29, 1.82) is 0 Å². The lowest BCUT2D eigenvalue weighted by Gasteiger charge is -2.10. The van der Waals surface area contributed by atoms with E-state index in [0.717, 1.165) is 0 Å². The minimum atomic E-state index is -3.00. The summed E-state index contributed by atoms with van der Waals surface area (Å²) in [5.74, 6) is -0.0336. The lowest BCUT2D eigenvalue weighted by Crippen LogP contribution is -2.03. The van der Waals surface area contributed by atoms with Gasteiger partial charge in [0.1, 0.15) is 0 Å². The third-order valence-corrected chi connectivity index (χ3v) is 3.68. The molecule has 29 heavy (non-hydrogen) atoms. The van der Waals surface area contributed by atoms with E-state index in [9.17, 15) is 17.6 Å². The first-order valence-corrected chi connectivity index (χ1v) is 8.01. The summed E-state index contributed by atoms with van der Waals surface area (Å²) < 4.78 is 74.1. The third kappa shape index (κ3) is 4.68. The van der Waals surface area contributed by atoms with Crippen LogP contribution in [0, 0.1) is 0 Å². The molecule has 0 saturated heterocycles. The molecule has 2 aromatic carbocycles. The van der Waals surface area contributed by atoms with Crippen molar-refractivity contribution < 1.29 is 40.9 Å². The monoisotopic (exact) mass is 414 g/mol. The Bertz CT molecular complexity index is 905. The van der Waals surface area contributed by atoms with Crippen molar-refractivity contribution in [1.82, 2.24) is 10.2 Å². The number of hydrogen-bond acceptors (Lipinski definition) is 7. The van der Waals surface area contributed by atoms with Gasteiger partial charge in [-0.2, -0.15) is 17.6 Å². The second kappa shape index (κ2) is 8.67. The van der Waals surface area contributed by atoms with Crippen molar-refractivity contribution in [3.63, 3.8) is 0 Å². The van der Waals surface area contributed by atoms with Crippen LogP contribution in [0.25, 0.3) is 22.9 Å². The Kier molecular flexibility index (Phi) is 6.05. The molecule has 1 aromatic heterocycles. The van der Waals surface area contributed by atoms with Crippen LogP contribution in [0.5, 0.6) is 23.0 Å². The minimum absolute atomic E-state index is 0.0534. The van der Waals surface area contributed by atoms with E-state index in [0.29, 0.717) is 11.1 Å². The van der Waals surface area contributed by atoms with E-state index >= 15 is 0 Å². The van der Waals surface area contributed by atoms with Gasteiger partial charge in [0.15, 0.2) is 23.0 Å². The fourth-order valence-corrected chi connectivity index (χ4v) is 2.44. The number of nitrogens with zero attached hydrogens (tertiary/aromatic N) is 2. The summed E-state index contributed by atoms with van der Waals surface area (Å²) in [6.07, 6.45) is 0. The molecule has 7 nitrogen and oxygen atoms in total. The van der Waals surface area contributed by atoms with Crippen LogP contribution in [0.15, 0.2) is 40.8 Å². The number of halogens is 4. The van der Waals surface area contributed by atoms with Gasteiger partial charge in [0.25, 0.3) is 0 Å². The molecule has 1 heterocycles. The summed E-state index contributed by atoms with van der Waals surface area (Å²) in [7, 11) is 2.60. The first kappa shape index (κ1) is 20.2. The van der Waals surface area contributed by atoms with Crippen LogP contribution in [0.4, 0.5) is 17.6 Å². The van der Waals surface area contributed by atoms with Crippen LogP contribution >= 0.6 is 0 Å². The van der Waals surface area contributed by atoms with Crippen molar-refractivity contribution in [2.24, 2.45) is 0 Å². The second-order valence-corrected chi connectivity index (χ2v) is 5.40. The van der Waals surface area contributed by atoms with Crippen LogP contribution in [0.3, 0.4) is 0 Å². The predicted molar refractivity (Wildman–Crippen MR) is 91.5 cm³/mol. The standard InChI is InChI=1S/C18H14F4N2O5/c1-25-13-7-9(3-5-11(13)27-17(19)20)15-23-24-16(29-15)10-4-6-12(28-18(21)22)14(8-10)26-2/h3-8,17-18H,1-2H3. The van der Waals surface area contributed by atoms with Gasteiger partial charge in [-0.3, -0.25) is 0 Å². The van der Waals surface area contributed by atoms with Gasteiger partial charge in [-0.05, 0) is 36.4 Å². The quantitative estimate of drug-likeness (QED) is 0.498. The van der Waals surface area contributed by atoms with E-state index in [1.54, 1.807) is 0 Å². The molecule has 0 N–H and O–H groups in total. The SMILES string of the molecule is COc1cc(-c2nnc(-c3ccc(OC(F)F)c(OC)c3)o2)ccc1OC(F)F. The summed E-state index contributed by atoms with van der Waals surface area (Å²) in [5.41, 5.74) is 0.790. The minimum Gasteiger partial charge on any atom is -0.493 e. The summed E-state index contributed by atoms with van der Waals surface area (Å²) >= 11 is 0. The van der Waals surface area contributed by atoms with Gasteiger partial charge in [0, 0.05) is 11.1 Å². The van der Waals surface area contributed by atoms with E-state index in [1.807, 2.05) is 0 Å². The number of aromatic nitrogens is 2. The number of methoxy groups -OCH3 is 2. The van der Waals surface area contributed by atoms with Gasteiger partial charge in [0.2, 0.25) is 11.8 Å². The number of alkyl halides is 4. The number of ether oxygens (including phenoxy) is 4. The fourth-order valence-electron chi connectivity index (χ4n) is 2.44. The second-order valence-electron chi connectivity index (χ2n) is 5.40. The van der Waals surface area contributed by atoms with Gasteiger partial charge >= 0.3 is 13.2 Å². The van der Waals surface area contributed by atoms with Crippen molar-refractivity contribution in [3.05, 3.63) is 36.4 Å². The molecule has 0 fully saturated rings. The van der Waals surface area contributed by atoms with E-state index < -0.39 is 13.2 Å². The molecule has 0 atom stereocenters. The molecule has 0 aliphatic carbocycles. The maximum absolute atomic E-state index is 12.4.